The summed E-state index contributed by atoms with van der Waals surface area (Å²) in [6, 6.07) is 0. The summed E-state index contributed by atoms with van der Waals surface area (Å²) in [7, 11) is 0. The van der Waals surface area contributed by atoms with Crippen LogP contribution in [0.4, 0.5) is 0 Å². The van der Waals surface area contributed by atoms with Crippen LogP contribution < -0.4 is 0 Å². The predicted octanol–water partition coefficient (Wildman–Crippen LogP) is 0.107. The third-order valence-electron chi connectivity index (χ3n) is 1.11. The number of carbonyl (C=O) groups is 1. The van der Waals surface area contributed by atoms with Crippen molar-refractivity contribution in [1.82, 2.24) is 15.4 Å². The zero-order chi connectivity index (χ0) is 6.69. The monoisotopic (exact) mass is 125 g/mol. The highest BCUT2D eigenvalue weighted by Crippen LogP contribution is 2.04. The van der Waals surface area contributed by atoms with E-state index in [0.29, 0.717) is 5.69 Å². The summed E-state index contributed by atoms with van der Waals surface area (Å²) in [5.74, 6) is -0.149. The largest absolute Gasteiger partial charge is 0.303 e. The number of hydrogen-bond acceptors (Lipinski definition) is 3. The Labute approximate surface area is 52.3 Å². The quantitative estimate of drug-likeness (QED) is 0.570. The van der Waals surface area contributed by atoms with Crippen molar-refractivity contribution in [3.8, 4) is 0 Å². The molecule has 0 aliphatic heterocycles. The van der Waals surface area contributed by atoms with E-state index in [0.717, 1.165) is 6.29 Å². The van der Waals surface area contributed by atoms with Crippen LogP contribution in [-0.4, -0.2) is 21.7 Å². The molecule has 1 rings (SSSR count). The number of aromatic nitrogens is 3. The van der Waals surface area contributed by atoms with Crippen molar-refractivity contribution < 1.29 is 4.79 Å². The minimum atomic E-state index is -0.149. The Morgan fingerprint density at radius 1 is 1.89 bits per heavy atom. The van der Waals surface area contributed by atoms with Crippen LogP contribution in [0.25, 0.3) is 0 Å². The van der Waals surface area contributed by atoms with Crippen molar-refractivity contribution in [2.75, 3.05) is 0 Å². The van der Waals surface area contributed by atoms with E-state index in [1.54, 1.807) is 13.1 Å². The van der Waals surface area contributed by atoms with E-state index in [1.165, 1.54) is 0 Å². The number of H-pyrrole nitrogens is 1. The molecule has 1 unspecified atom stereocenters. The number of rotatable bonds is 2. The Bertz CT molecular complexity index is 182. The highest BCUT2D eigenvalue weighted by atomic mass is 16.1. The molecular weight excluding hydrogens is 118 g/mol. The fourth-order valence-corrected chi connectivity index (χ4v) is 0.503. The van der Waals surface area contributed by atoms with Crippen LogP contribution in [0.2, 0.25) is 0 Å². The normalized spacial score (nSPS) is 13.0. The summed E-state index contributed by atoms with van der Waals surface area (Å²) >= 11 is 0. The number of aromatic amines is 1. The third-order valence-corrected chi connectivity index (χ3v) is 1.11. The van der Waals surface area contributed by atoms with Crippen LogP contribution in [0.15, 0.2) is 6.20 Å². The van der Waals surface area contributed by atoms with Gasteiger partial charge in [0, 0.05) is 6.20 Å². The molecule has 4 heteroatoms. The second-order valence-electron chi connectivity index (χ2n) is 1.82. The second kappa shape index (κ2) is 2.39. The number of hydrogen-bond donors (Lipinski definition) is 1. The number of nitrogens with one attached hydrogen (secondary N) is 1. The van der Waals surface area contributed by atoms with Crippen LogP contribution >= 0.6 is 0 Å². The SMILES string of the molecule is CC(C=O)c1c[nH]nn1. The molecule has 0 aliphatic carbocycles. The van der Waals surface area contributed by atoms with Gasteiger partial charge < -0.3 is 4.79 Å². The maximum Gasteiger partial charge on any atom is 0.128 e. The molecule has 48 valence electrons. The summed E-state index contributed by atoms with van der Waals surface area (Å²) in [5, 5.41) is 9.63. The molecule has 9 heavy (non-hydrogen) atoms. The van der Waals surface area contributed by atoms with E-state index in [9.17, 15) is 4.79 Å². The lowest BCUT2D eigenvalue weighted by molar-refractivity contribution is -0.108. The Kier molecular flexibility index (Phi) is 1.58. The van der Waals surface area contributed by atoms with Crippen molar-refractivity contribution in [3.63, 3.8) is 0 Å². The van der Waals surface area contributed by atoms with Gasteiger partial charge in [-0.25, -0.2) is 0 Å². The predicted molar refractivity (Wildman–Crippen MR) is 30.9 cm³/mol. The molecule has 0 amide bonds. The van der Waals surface area contributed by atoms with Gasteiger partial charge in [-0.3, -0.25) is 5.10 Å². The highest BCUT2D eigenvalue weighted by molar-refractivity contribution is 5.59. The fraction of sp³-hybridized carbons (Fsp3) is 0.400. The lowest BCUT2D eigenvalue weighted by Crippen LogP contribution is -1.93. The zero-order valence-corrected chi connectivity index (χ0v) is 5.03. The lowest BCUT2D eigenvalue weighted by atomic mass is 10.1. The van der Waals surface area contributed by atoms with Gasteiger partial charge in [-0.2, -0.15) is 0 Å². The zero-order valence-electron chi connectivity index (χ0n) is 5.03. The Hall–Kier alpha value is -1.19. The van der Waals surface area contributed by atoms with Gasteiger partial charge in [-0.15, -0.1) is 5.10 Å². The molecular formula is C5H7N3O. The van der Waals surface area contributed by atoms with Gasteiger partial charge in [0.25, 0.3) is 0 Å². The molecule has 0 aromatic carbocycles. The van der Waals surface area contributed by atoms with Gasteiger partial charge in [-0.05, 0) is 0 Å². The Morgan fingerprint density at radius 2 is 2.67 bits per heavy atom. The van der Waals surface area contributed by atoms with Crippen molar-refractivity contribution >= 4 is 6.29 Å². The maximum absolute atomic E-state index is 10.1. The van der Waals surface area contributed by atoms with E-state index < -0.39 is 0 Å². The maximum atomic E-state index is 10.1. The molecule has 1 aromatic rings. The van der Waals surface area contributed by atoms with Crippen molar-refractivity contribution in [1.29, 1.82) is 0 Å². The molecule has 0 radical (unpaired) electrons. The molecule has 1 aromatic heterocycles. The average molecular weight is 125 g/mol. The third kappa shape index (κ3) is 1.13. The van der Waals surface area contributed by atoms with Gasteiger partial charge in [0.15, 0.2) is 0 Å². The minimum absolute atomic E-state index is 0.149. The van der Waals surface area contributed by atoms with E-state index in [-0.39, 0.29) is 5.92 Å². The summed E-state index contributed by atoms with van der Waals surface area (Å²) in [6.45, 7) is 1.77. The first-order valence-corrected chi connectivity index (χ1v) is 2.66. The first kappa shape index (κ1) is 5.94. The van der Waals surface area contributed by atoms with Crippen molar-refractivity contribution in [2.45, 2.75) is 12.8 Å². The molecule has 0 spiro atoms. The van der Waals surface area contributed by atoms with Crippen molar-refractivity contribution in [2.24, 2.45) is 0 Å². The molecule has 4 nitrogen and oxygen atoms in total. The molecule has 1 atom stereocenters. The molecule has 0 saturated heterocycles. The van der Waals surface area contributed by atoms with E-state index in [4.69, 9.17) is 0 Å². The van der Waals surface area contributed by atoms with Gasteiger partial charge in [0.05, 0.1) is 11.6 Å². The summed E-state index contributed by atoms with van der Waals surface area (Å²) in [6.07, 6.45) is 2.44. The van der Waals surface area contributed by atoms with Gasteiger partial charge >= 0.3 is 0 Å². The number of carbonyl (C=O) groups excluding carboxylic acids is 1. The topological polar surface area (TPSA) is 58.6 Å². The first-order valence-electron chi connectivity index (χ1n) is 2.66. The summed E-state index contributed by atoms with van der Waals surface area (Å²) in [4.78, 5) is 10.1. The van der Waals surface area contributed by atoms with Crippen LogP contribution in [0.5, 0.6) is 0 Å². The first-order chi connectivity index (χ1) is 4.34. The van der Waals surface area contributed by atoms with Crippen LogP contribution in [0, 0.1) is 0 Å². The van der Waals surface area contributed by atoms with Crippen LogP contribution in [-0.2, 0) is 4.79 Å². The van der Waals surface area contributed by atoms with Crippen LogP contribution in [0.3, 0.4) is 0 Å². The van der Waals surface area contributed by atoms with E-state index >= 15 is 0 Å². The minimum Gasteiger partial charge on any atom is -0.303 e. The van der Waals surface area contributed by atoms with E-state index in [1.807, 2.05) is 0 Å². The molecule has 0 bridgehead atoms. The summed E-state index contributed by atoms with van der Waals surface area (Å²) in [5.41, 5.74) is 0.685. The van der Waals surface area contributed by atoms with Crippen LogP contribution in [0.1, 0.15) is 18.5 Å². The van der Waals surface area contributed by atoms with Gasteiger partial charge in [0.2, 0.25) is 0 Å². The van der Waals surface area contributed by atoms with Gasteiger partial charge in [-0.1, -0.05) is 12.1 Å². The smallest absolute Gasteiger partial charge is 0.128 e. The molecule has 1 N–H and O–H groups in total. The standard InChI is InChI=1S/C5H7N3O/c1-4(3-9)5-2-6-8-7-5/h2-4H,1H3,(H,6,7,8). The van der Waals surface area contributed by atoms with E-state index in [2.05, 4.69) is 15.4 Å². The average Bonchev–Trinajstić information content (AvgIpc) is 2.37. The number of nitrogens with zero attached hydrogens (tertiary/aromatic N) is 2. The lowest BCUT2D eigenvalue weighted by Gasteiger charge is -1.91. The Balaban J connectivity index is 2.76. The molecule has 0 saturated carbocycles. The molecule has 0 fully saturated rings. The fourth-order valence-electron chi connectivity index (χ4n) is 0.503. The van der Waals surface area contributed by atoms with Gasteiger partial charge in [0.1, 0.15) is 6.29 Å². The number of aldehydes is 1. The molecule has 1 heterocycles. The summed E-state index contributed by atoms with van der Waals surface area (Å²) < 4.78 is 0. The van der Waals surface area contributed by atoms with Crippen molar-refractivity contribution in [3.05, 3.63) is 11.9 Å². The Morgan fingerprint density at radius 3 is 3.11 bits per heavy atom. The molecule has 0 aliphatic rings. The second-order valence-corrected chi connectivity index (χ2v) is 1.82. The highest BCUT2D eigenvalue weighted by Gasteiger charge is 2.04.